The van der Waals surface area contributed by atoms with Crippen LogP contribution in [0.3, 0.4) is 0 Å². The van der Waals surface area contributed by atoms with Gasteiger partial charge in [-0.05, 0) is 40.5 Å². The van der Waals surface area contributed by atoms with Crippen molar-refractivity contribution >= 4 is 11.5 Å². The summed E-state index contributed by atoms with van der Waals surface area (Å²) in [5.74, 6) is 1.92. The summed E-state index contributed by atoms with van der Waals surface area (Å²) < 4.78 is 4.14. The average Bonchev–Trinajstić information content (AvgIpc) is 3.30. The van der Waals surface area contributed by atoms with E-state index < -0.39 is 0 Å². The van der Waals surface area contributed by atoms with Gasteiger partial charge in [-0.25, -0.2) is 4.98 Å². The molecule has 7 nitrogen and oxygen atoms in total. The number of rotatable bonds is 4. The molecule has 25 heavy (non-hydrogen) atoms. The van der Waals surface area contributed by atoms with Crippen molar-refractivity contribution < 1.29 is 0 Å². The van der Waals surface area contributed by atoms with E-state index >= 15 is 0 Å². The molecule has 1 aliphatic rings. The second-order valence-electron chi connectivity index (χ2n) is 7.13. The third-order valence-electron chi connectivity index (χ3n) is 5.26. The van der Waals surface area contributed by atoms with Gasteiger partial charge < -0.3 is 9.88 Å². The standard InChI is InChI=1S/C18H25N7/c1-11-9-16(25-17(20-11)12(2)13(3)23-25)21-14(4)18-22-19-10-24(18)15-7-5-6-8-15/h9-10,14-15,21H,5-8H2,1-4H3. The predicted octanol–water partition coefficient (Wildman–Crippen LogP) is 3.53. The summed E-state index contributed by atoms with van der Waals surface area (Å²) in [4.78, 5) is 4.63. The maximum absolute atomic E-state index is 4.64. The summed E-state index contributed by atoms with van der Waals surface area (Å²) in [6.45, 7) is 8.22. The lowest BCUT2D eigenvalue weighted by Crippen LogP contribution is -2.18. The highest BCUT2D eigenvalue weighted by atomic mass is 15.3. The largest absolute Gasteiger partial charge is 0.360 e. The van der Waals surface area contributed by atoms with Gasteiger partial charge in [0.25, 0.3) is 0 Å². The lowest BCUT2D eigenvalue weighted by Gasteiger charge is -2.20. The van der Waals surface area contributed by atoms with E-state index in [9.17, 15) is 0 Å². The summed E-state index contributed by atoms with van der Waals surface area (Å²) in [6.07, 6.45) is 6.89. The minimum Gasteiger partial charge on any atom is -0.360 e. The summed E-state index contributed by atoms with van der Waals surface area (Å²) in [7, 11) is 0. The van der Waals surface area contributed by atoms with Crippen molar-refractivity contribution in [1.29, 1.82) is 0 Å². The number of fused-ring (bicyclic) bond motifs is 1. The van der Waals surface area contributed by atoms with Gasteiger partial charge in [0.2, 0.25) is 0 Å². The van der Waals surface area contributed by atoms with Crippen molar-refractivity contribution in [1.82, 2.24) is 29.4 Å². The van der Waals surface area contributed by atoms with Crippen molar-refractivity contribution in [3.8, 4) is 0 Å². The smallest absolute Gasteiger partial charge is 0.160 e. The summed E-state index contributed by atoms with van der Waals surface area (Å²) >= 11 is 0. The molecular weight excluding hydrogens is 314 g/mol. The van der Waals surface area contributed by atoms with E-state index in [1.54, 1.807) is 0 Å². The van der Waals surface area contributed by atoms with Crippen LogP contribution in [0.1, 0.15) is 67.5 Å². The number of nitrogens with one attached hydrogen (secondary N) is 1. The van der Waals surface area contributed by atoms with E-state index in [0.29, 0.717) is 6.04 Å². The van der Waals surface area contributed by atoms with Crippen LogP contribution in [0.5, 0.6) is 0 Å². The molecule has 0 saturated heterocycles. The first-order valence-electron chi connectivity index (χ1n) is 9.04. The number of aryl methyl sites for hydroxylation is 3. The molecule has 3 aromatic rings. The molecule has 1 atom stereocenters. The Morgan fingerprint density at radius 2 is 1.96 bits per heavy atom. The van der Waals surface area contributed by atoms with E-state index in [4.69, 9.17) is 0 Å². The molecule has 0 aliphatic heterocycles. The maximum atomic E-state index is 4.64. The van der Waals surface area contributed by atoms with Gasteiger partial charge in [-0.3, -0.25) is 0 Å². The van der Waals surface area contributed by atoms with Crippen LogP contribution >= 0.6 is 0 Å². The third-order valence-corrected chi connectivity index (χ3v) is 5.26. The highest BCUT2D eigenvalue weighted by molar-refractivity contribution is 5.56. The molecule has 0 bridgehead atoms. The predicted molar refractivity (Wildman–Crippen MR) is 96.8 cm³/mol. The molecule has 1 saturated carbocycles. The van der Waals surface area contributed by atoms with Crippen LogP contribution in [-0.2, 0) is 0 Å². The zero-order valence-corrected chi connectivity index (χ0v) is 15.3. The lowest BCUT2D eigenvalue weighted by molar-refractivity contribution is 0.487. The Labute approximate surface area is 147 Å². The number of nitrogens with zero attached hydrogens (tertiary/aromatic N) is 6. The summed E-state index contributed by atoms with van der Waals surface area (Å²) in [6, 6.07) is 2.60. The summed E-state index contributed by atoms with van der Waals surface area (Å²) in [5, 5.41) is 16.8. The van der Waals surface area contributed by atoms with Gasteiger partial charge in [0.1, 0.15) is 12.1 Å². The van der Waals surface area contributed by atoms with Crippen molar-refractivity contribution in [3.63, 3.8) is 0 Å². The highest BCUT2D eigenvalue weighted by Gasteiger charge is 2.23. The van der Waals surface area contributed by atoms with Crippen LogP contribution in [0.4, 0.5) is 5.82 Å². The molecule has 1 aliphatic carbocycles. The molecule has 1 fully saturated rings. The zero-order chi connectivity index (χ0) is 17.6. The van der Waals surface area contributed by atoms with Crippen molar-refractivity contribution in [3.05, 3.63) is 35.2 Å². The molecule has 1 unspecified atom stereocenters. The van der Waals surface area contributed by atoms with Crippen LogP contribution in [-0.4, -0.2) is 29.4 Å². The minimum absolute atomic E-state index is 0.0397. The molecule has 0 amide bonds. The molecule has 3 aromatic heterocycles. The van der Waals surface area contributed by atoms with Gasteiger partial charge in [0, 0.05) is 23.4 Å². The van der Waals surface area contributed by atoms with E-state index in [1.165, 1.54) is 25.7 Å². The maximum Gasteiger partial charge on any atom is 0.160 e. The summed E-state index contributed by atoms with van der Waals surface area (Å²) in [5.41, 5.74) is 4.00. The van der Waals surface area contributed by atoms with Gasteiger partial charge in [-0.1, -0.05) is 12.8 Å². The normalized spacial score (nSPS) is 16.6. The Hall–Kier alpha value is -2.44. The minimum atomic E-state index is 0.0397. The first-order chi connectivity index (χ1) is 12.0. The van der Waals surface area contributed by atoms with Crippen LogP contribution in [0.15, 0.2) is 12.4 Å². The molecule has 0 aromatic carbocycles. The average molecular weight is 339 g/mol. The van der Waals surface area contributed by atoms with Crippen LogP contribution < -0.4 is 5.32 Å². The molecule has 0 spiro atoms. The molecule has 7 heteroatoms. The van der Waals surface area contributed by atoms with Gasteiger partial charge >= 0.3 is 0 Å². The van der Waals surface area contributed by atoms with Crippen LogP contribution in [0.2, 0.25) is 0 Å². The fourth-order valence-corrected chi connectivity index (χ4v) is 3.77. The zero-order valence-electron chi connectivity index (χ0n) is 15.3. The second-order valence-corrected chi connectivity index (χ2v) is 7.13. The number of aromatic nitrogens is 6. The van der Waals surface area contributed by atoms with Crippen molar-refractivity contribution in [2.75, 3.05) is 5.32 Å². The molecule has 1 N–H and O–H groups in total. The Bertz CT molecular complexity index is 902. The van der Waals surface area contributed by atoms with Crippen LogP contribution in [0, 0.1) is 20.8 Å². The highest BCUT2D eigenvalue weighted by Crippen LogP contribution is 2.32. The first kappa shape index (κ1) is 16.1. The van der Waals surface area contributed by atoms with E-state index in [1.807, 2.05) is 30.8 Å². The van der Waals surface area contributed by atoms with Crippen molar-refractivity contribution in [2.24, 2.45) is 0 Å². The quantitative estimate of drug-likeness (QED) is 0.787. The van der Waals surface area contributed by atoms with Gasteiger partial charge in [0.05, 0.1) is 11.7 Å². The van der Waals surface area contributed by atoms with Crippen molar-refractivity contribution in [2.45, 2.75) is 65.5 Å². The monoisotopic (exact) mass is 339 g/mol. The molecule has 4 rings (SSSR count). The van der Waals surface area contributed by atoms with E-state index in [-0.39, 0.29) is 6.04 Å². The molecule has 132 valence electrons. The number of hydrogen-bond donors (Lipinski definition) is 1. The molecule has 0 radical (unpaired) electrons. The Kier molecular flexibility index (Phi) is 3.94. The third kappa shape index (κ3) is 2.77. The second kappa shape index (κ2) is 6.13. The fraction of sp³-hybridized carbons (Fsp3) is 0.556. The molecule has 3 heterocycles. The SMILES string of the molecule is Cc1cc(NC(C)c2nncn2C2CCCC2)n2nc(C)c(C)c2n1. The number of hydrogen-bond acceptors (Lipinski definition) is 5. The Morgan fingerprint density at radius 3 is 2.72 bits per heavy atom. The van der Waals surface area contributed by atoms with Gasteiger partial charge in [-0.15, -0.1) is 10.2 Å². The van der Waals surface area contributed by atoms with E-state index in [2.05, 4.69) is 44.0 Å². The van der Waals surface area contributed by atoms with Gasteiger partial charge in [-0.2, -0.15) is 9.61 Å². The molecular formula is C18H25N7. The van der Waals surface area contributed by atoms with Gasteiger partial charge in [0.15, 0.2) is 11.5 Å². The number of anilines is 1. The Balaban J connectivity index is 1.68. The topological polar surface area (TPSA) is 72.9 Å². The fourth-order valence-electron chi connectivity index (χ4n) is 3.77. The van der Waals surface area contributed by atoms with E-state index in [0.717, 1.165) is 34.2 Å². The Morgan fingerprint density at radius 1 is 1.20 bits per heavy atom. The lowest BCUT2D eigenvalue weighted by atomic mass is 10.2. The first-order valence-corrected chi connectivity index (χ1v) is 9.04. The van der Waals surface area contributed by atoms with Crippen LogP contribution in [0.25, 0.3) is 5.65 Å².